The van der Waals surface area contributed by atoms with Crippen LogP contribution in [0.4, 0.5) is 0 Å². The van der Waals surface area contributed by atoms with Crippen LogP contribution in [0.25, 0.3) is 0 Å². The van der Waals surface area contributed by atoms with Crippen molar-refractivity contribution in [3.05, 3.63) is 58.0 Å². The van der Waals surface area contributed by atoms with Crippen LogP contribution in [-0.4, -0.2) is 15.0 Å². The molecule has 0 saturated heterocycles. The molecule has 0 saturated carbocycles. The van der Waals surface area contributed by atoms with Crippen molar-refractivity contribution in [2.24, 2.45) is 5.92 Å². The van der Waals surface area contributed by atoms with E-state index in [9.17, 15) is 4.79 Å². The van der Waals surface area contributed by atoms with Crippen LogP contribution in [0.15, 0.2) is 35.4 Å². The van der Waals surface area contributed by atoms with E-state index in [1.807, 2.05) is 12.1 Å². The number of pyridine rings is 1. The molecule has 2 heterocycles. The molecule has 4 heteroatoms. The maximum atomic E-state index is 11.6. The first kappa shape index (κ1) is 12.5. The number of nitrogens with one attached hydrogen (secondary N) is 1. The van der Waals surface area contributed by atoms with Crippen molar-refractivity contribution in [1.29, 1.82) is 0 Å². The fourth-order valence-electron chi connectivity index (χ4n) is 1.87. The molecular formula is C14H17N3O. The first-order valence-corrected chi connectivity index (χ1v) is 6.11. The lowest BCUT2D eigenvalue weighted by Crippen LogP contribution is -2.14. The van der Waals surface area contributed by atoms with Gasteiger partial charge in [0.25, 0.3) is 5.56 Å². The molecule has 0 atom stereocenters. The standard InChI is InChI=1S/C14H17N3O/c1-10(2)6-12-8-14(18)17-13(16-12)7-11-4-3-5-15-9-11/h3-5,8-10H,6-7H2,1-2H3,(H,16,17,18). The van der Waals surface area contributed by atoms with Crippen molar-refractivity contribution >= 4 is 0 Å². The van der Waals surface area contributed by atoms with E-state index in [1.54, 1.807) is 18.5 Å². The molecule has 0 fully saturated rings. The third-order valence-electron chi connectivity index (χ3n) is 2.56. The molecule has 0 aromatic carbocycles. The Bertz CT molecular complexity index is 561. The summed E-state index contributed by atoms with van der Waals surface area (Å²) in [4.78, 5) is 22.9. The molecular weight excluding hydrogens is 226 g/mol. The predicted molar refractivity (Wildman–Crippen MR) is 70.4 cm³/mol. The van der Waals surface area contributed by atoms with Gasteiger partial charge in [0, 0.05) is 30.6 Å². The van der Waals surface area contributed by atoms with Crippen molar-refractivity contribution in [2.45, 2.75) is 26.7 Å². The average Bonchev–Trinajstić information content (AvgIpc) is 2.28. The molecule has 94 valence electrons. The molecule has 0 spiro atoms. The summed E-state index contributed by atoms with van der Waals surface area (Å²) >= 11 is 0. The van der Waals surface area contributed by atoms with E-state index in [4.69, 9.17) is 0 Å². The van der Waals surface area contributed by atoms with Gasteiger partial charge in [-0.3, -0.25) is 9.78 Å². The van der Waals surface area contributed by atoms with Gasteiger partial charge in [-0.2, -0.15) is 0 Å². The van der Waals surface area contributed by atoms with Crippen LogP contribution in [0.2, 0.25) is 0 Å². The Balaban J connectivity index is 2.23. The molecule has 0 aliphatic rings. The van der Waals surface area contributed by atoms with Crippen LogP contribution >= 0.6 is 0 Å². The van der Waals surface area contributed by atoms with Gasteiger partial charge in [0.15, 0.2) is 0 Å². The summed E-state index contributed by atoms with van der Waals surface area (Å²) in [6, 6.07) is 5.43. The summed E-state index contributed by atoms with van der Waals surface area (Å²) in [6.07, 6.45) is 4.95. The van der Waals surface area contributed by atoms with Crippen molar-refractivity contribution in [2.75, 3.05) is 0 Å². The maximum Gasteiger partial charge on any atom is 0.251 e. The highest BCUT2D eigenvalue weighted by Crippen LogP contribution is 2.06. The van der Waals surface area contributed by atoms with Crippen molar-refractivity contribution in [1.82, 2.24) is 15.0 Å². The average molecular weight is 243 g/mol. The fraction of sp³-hybridized carbons (Fsp3) is 0.357. The highest BCUT2D eigenvalue weighted by molar-refractivity contribution is 5.15. The number of hydrogen-bond acceptors (Lipinski definition) is 3. The number of hydrogen-bond donors (Lipinski definition) is 1. The molecule has 4 nitrogen and oxygen atoms in total. The van der Waals surface area contributed by atoms with Gasteiger partial charge >= 0.3 is 0 Å². The van der Waals surface area contributed by atoms with E-state index < -0.39 is 0 Å². The molecule has 0 amide bonds. The van der Waals surface area contributed by atoms with Gasteiger partial charge in [-0.05, 0) is 24.0 Å². The molecule has 2 rings (SSSR count). The van der Waals surface area contributed by atoms with E-state index in [0.29, 0.717) is 18.2 Å². The molecule has 2 aromatic rings. The Morgan fingerprint density at radius 2 is 2.22 bits per heavy atom. The highest BCUT2D eigenvalue weighted by Gasteiger charge is 2.04. The second-order valence-electron chi connectivity index (χ2n) is 4.82. The summed E-state index contributed by atoms with van der Waals surface area (Å²) in [5.41, 5.74) is 1.81. The Hall–Kier alpha value is -1.97. The Labute approximate surface area is 106 Å². The molecule has 0 unspecified atom stereocenters. The minimum Gasteiger partial charge on any atom is -0.310 e. The Kier molecular flexibility index (Phi) is 3.87. The second kappa shape index (κ2) is 5.58. The summed E-state index contributed by atoms with van der Waals surface area (Å²) in [5, 5.41) is 0. The van der Waals surface area contributed by atoms with Crippen LogP contribution in [0.1, 0.15) is 30.9 Å². The number of H-pyrrole nitrogens is 1. The van der Waals surface area contributed by atoms with E-state index in [2.05, 4.69) is 28.8 Å². The molecule has 0 aliphatic heterocycles. The van der Waals surface area contributed by atoms with Crippen LogP contribution in [0, 0.1) is 5.92 Å². The van der Waals surface area contributed by atoms with Gasteiger partial charge in [0.2, 0.25) is 0 Å². The molecule has 0 aliphatic carbocycles. The number of aromatic nitrogens is 3. The lowest BCUT2D eigenvalue weighted by molar-refractivity contribution is 0.629. The summed E-state index contributed by atoms with van der Waals surface area (Å²) in [7, 11) is 0. The number of nitrogens with zero attached hydrogens (tertiary/aromatic N) is 2. The smallest absolute Gasteiger partial charge is 0.251 e. The molecule has 1 N–H and O–H groups in total. The lowest BCUT2D eigenvalue weighted by Gasteiger charge is -2.06. The highest BCUT2D eigenvalue weighted by atomic mass is 16.1. The quantitative estimate of drug-likeness (QED) is 0.893. The topological polar surface area (TPSA) is 58.6 Å². The molecule has 2 aromatic heterocycles. The zero-order valence-electron chi connectivity index (χ0n) is 10.7. The predicted octanol–water partition coefficient (Wildman–Crippen LogP) is 1.95. The Morgan fingerprint density at radius 3 is 2.89 bits per heavy atom. The normalized spacial score (nSPS) is 10.8. The van der Waals surface area contributed by atoms with E-state index in [0.717, 1.165) is 17.7 Å². The van der Waals surface area contributed by atoms with Gasteiger partial charge in [0.05, 0.1) is 0 Å². The van der Waals surface area contributed by atoms with Gasteiger partial charge in [0.1, 0.15) is 5.82 Å². The largest absolute Gasteiger partial charge is 0.310 e. The van der Waals surface area contributed by atoms with E-state index in [-0.39, 0.29) is 5.56 Å². The molecule has 0 radical (unpaired) electrons. The first-order valence-electron chi connectivity index (χ1n) is 6.11. The zero-order valence-corrected chi connectivity index (χ0v) is 10.7. The second-order valence-corrected chi connectivity index (χ2v) is 4.82. The van der Waals surface area contributed by atoms with Crippen LogP contribution < -0.4 is 5.56 Å². The lowest BCUT2D eigenvalue weighted by atomic mass is 10.1. The van der Waals surface area contributed by atoms with Crippen molar-refractivity contribution in [3.8, 4) is 0 Å². The molecule has 18 heavy (non-hydrogen) atoms. The van der Waals surface area contributed by atoms with Gasteiger partial charge in [-0.1, -0.05) is 19.9 Å². The monoisotopic (exact) mass is 243 g/mol. The summed E-state index contributed by atoms with van der Waals surface area (Å²) in [6.45, 7) is 4.23. The van der Waals surface area contributed by atoms with Crippen LogP contribution in [0.5, 0.6) is 0 Å². The van der Waals surface area contributed by atoms with E-state index >= 15 is 0 Å². The summed E-state index contributed by atoms with van der Waals surface area (Å²) in [5.74, 6) is 1.19. The minimum absolute atomic E-state index is 0.0838. The van der Waals surface area contributed by atoms with Crippen LogP contribution in [-0.2, 0) is 12.8 Å². The number of aromatic amines is 1. The first-order chi connectivity index (χ1) is 8.63. The fourth-order valence-corrected chi connectivity index (χ4v) is 1.87. The zero-order chi connectivity index (χ0) is 13.0. The SMILES string of the molecule is CC(C)Cc1cc(=O)[nH]c(Cc2cccnc2)n1. The third kappa shape index (κ3) is 3.52. The third-order valence-corrected chi connectivity index (χ3v) is 2.56. The van der Waals surface area contributed by atoms with Gasteiger partial charge in [-0.25, -0.2) is 4.98 Å². The van der Waals surface area contributed by atoms with Gasteiger partial charge < -0.3 is 4.98 Å². The number of rotatable bonds is 4. The van der Waals surface area contributed by atoms with E-state index in [1.165, 1.54) is 0 Å². The van der Waals surface area contributed by atoms with Gasteiger partial charge in [-0.15, -0.1) is 0 Å². The van der Waals surface area contributed by atoms with Crippen molar-refractivity contribution in [3.63, 3.8) is 0 Å². The Morgan fingerprint density at radius 1 is 1.39 bits per heavy atom. The van der Waals surface area contributed by atoms with Crippen molar-refractivity contribution < 1.29 is 0 Å². The van der Waals surface area contributed by atoms with Crippen LogP contribution in [0.3, 0.4) is 0 Å². The summed E-state index contributed by atoms with van der Waals surface area (Å²) < 4.78 is 0. The molecule has 0 bridgehead atoms. The minimum atomic E-state index is -0.0838. The maximum absolute atomic E-state index is 11.6.